The Bertz CT molecular complexity index is 534. The monoisotopic (exact) mass is 289 g/mol. The minimum absolute atomic E-state index is 0.0570. The highest BCUT2D eigenvalue weighted by Gasteiger charge is 2.32. The Hall–Kier alpha value is -2.04. The van der Waals surface area contributed by atoms with Crippen LogP contribution in [-0.2, 0) is 9.59 Å². The van der Waals surface area contributed by atoms with Gasteiger partial charge in [-0.3, -0.25) is 9.59 Å². The van der Waals surface area contributed by atoms with Gasteiger partial charge in [-0.05, 0) is 30.4 Å². The van der Waals surface area contributed by atoms with E-state index in [4.69, 9.17) is 5.73 Å². The average Bonchev–Trinajstić information content (AvgIpc) is 2.76. The number of carbonyl (C=O) groups is 2. The molecule has 5 nitrogen and oxygen atoms in total. The molecule has 2 rings (SSSR count). The lowest BCUT2D eigenvalue weighted by Crippen LogP contribution is -2.34. The molecule has 3 N–H and O–H groups in total. The second-order valence-electron chi connectivity index (χ2n) is 6.07. The number of benzene rings is 1. The SMILES string of the molecule is Cc1cccc(N)c1NC(=O)CN1CC(C(C)C)CC1=O. The van der Waals surface area contributed by atoms with Crippen molar-refractivity contribution in [2.45, 2.75) is 27.2 Å². The van der Waals surface area contributed by atoms with Gasteiger partial charge in [-0.25, -0.2) is 0 Å². The van der Waals surface area contributed by atoms with E-state index in [1.807, 2.05) is 19.1 Å². The minimum Gasteiger partial charge on any atom is -0.397 e. The Labute approximate surface area is 125 Å². The van der Waals surface area contributed by atoms with E-state index in [2.05, 4.69) is 19.2 Å². The Morgan fingerprint density at radius 1 is 1.48 bits per heavy atom. The molecule has 0 saturated carbocycles. The fourth-order valence-corrected chi connectivity index (χ4v) is 2.62. The van der Waals surface area contributed by atoms with Crippen molar-refractivity contribution in [1.82, 2.24) is 4.90 Å². The van der Waals surface area contributed by atoms with E-state index in [1.54, 1.807) is 11.0 Å². The molecule has 0 aliphatic carbocycles. The van der Waals surface area contributed by atoms with Gasteiger partial charge in [0, 0.05) is 13.0 Å². The Morgan fingerprint density at radius 3 is 2.76 bits per heavy atom. The van der Waals surface area contributed by atoms with Gasteiger partial charge >= 0.3 is 0 Å². The maximum absolute atomic E-state index is 12.1. The highest BCUT2D eigenvalue weighted by Crippen LogP contribution is 2.25. The number of para-hydroxylation sites is 1. The fourth-order valence-electron chi connectivity index (χ4n) is 2.62. The van der Waals surface area contributed by atoms with Crippen LogP contribution < -0.4 is 11.1 Å². The lowest BCUT2D eigenvalue weighted by atomic mass is 9.95. The van der Waals surface area contributed by atoms with Crippen LogP contribution in [0, 0.1) is 18.8 Å². The zero-order valence-corrected chi connectivity index (χ0v) is 12.8. The smallest absolute Gasteiger partial charge is 0.244 e. The van der Waals surface area contributed by atoms with Crippen LogP contribution >= 0.6 is 0 Å². The summed E-state index contributed by atoms with van der Waals surface area (Å²) in [6, 6.07) is 5.48. The largest absolute Gasteiger partial charge is 0.397 e. The van der Waals surface area contributed by atoms with E-state index in [9.17, 15) is 9.59 Å². The number of hydrogen-bond donors (Lipinski definition) is 2. The number of rotatable bonds is 4. The zero-order chi connectivity index (χ0) is 15.6. The summed E-state index contributed by atoms with van der Waals surface area (Å²) in [5.74, 6) is 0.651. The molecule has 1 unspecified atom stereocenters. The number of amides is 2. The maximum atomic E-state index is 12.1. The third kappa shape index (κ3) is 3.54. The quantitative estimate of drug-likeness (QED) is 0.833. The first-order chi connectivity index (χ1) is 9.88. The normalized spacial score (nSPS) is 18.4. The molecule has 1 aromatic rings. The number of anilines is 2. The van der Waals surface area contributed by atoms with Crippen molar-refractivity contribution in [3.05, 3.63) is 23.8 Å². The second kappa shape index (κ2) is 6.16. The van der Waals surface area contributed by atoms with Crippen molar-refractivity contribution in [3.63, 3.8) is 0 Å². The summed E-state index contributed by atoms with van der Waals surface area (Å²) in [4.78, 5) is 25.7. The van der Waals surface area contributed by atoms with Crippen LogP contribution in [-0.4, -0.2) is 29.8 Å². The molecular formula is C16H23N3O2. The molecule has 1 aliphatic rings. The standard InChI is InChI=1S/C16H23N3O2/c1-10(2)12-7-15(21)19(8-12)9-14(20)18-16-11(3)5-4-6-13(16)17/h4-6,10,12H,7-9,17H2,1-3H3,(H,18,20). The Kier molecular flexibility index (Phi) is 4.50. The van der Waals surface area contributed by atoms with Crippen LogP contribution in [0.25, 0.3) is 0 Å². The molecule has 114 valence electrons. The average molecular weight is 289 g/mol. The molecular weight excluding hydrogens is 266 g/mol. The van der Waals surface area contributed by atoms with Crippen molar-refractivity contribution in [2.75, 3.05) is 24.1 Å². The van der Waals surface area contributed by atoms with Crippen molar-refractivity contribution < 1.29 is 9.59 Å². The number of aryl methyl sites for hydroxylation is 1. The Morgan fingerprint density at radius 2 is 2.19 bits per heavy atom. The summed E-state index contributed by atoms with van der Waals surface area (Å²) in [5.41, 5.74) is 7.96. The van der Waals surface area contributed by atoms with Gasteiger partial charge in [-0.15, -0.1) is 0 Å². The number of nitrogens with two attached hydrogens (primary N) is 1. The first kappa shape index (κ1) is 15.4. The third-order valence-electron chi connectivity index (χ3n) is 4.09. The van der Waals surface area contributed by atoms with Crippen molar-refractivity contribution in [1.29, 1.82) is 0 Å². The molecule has 21 heavy (non-hydrogen) atoms. The van der Waals surface area contributed by atoms with E-state index in [1.165, 1.54) is 0 Å². The molecule has 1 aliphatic heterocycles. The molecule has 1 saturated heterocycles. The lowest BCUT2D eigenvalue weighted by Gasteiger charge is -2.18. The van der Waals surface area contributed by atoms with E-state index in [-0.39, 0.29) is 18.4 Å². The van der Waals surface area contributed by atoms with Crippen LogP contribution in [0.2, 0.25) is 0 Å². The van der Waals surface area contributed by atoms with Gasteiger partial charge < -0.3 is 16.0 Å². The molecule has 0 bridgehead atoms. The summed E-state index contributed by atoms with van der Waals surface area (Å²) in [6.07, 6.45) is 0.539. The zero-order valence-electron chi connectivity index (χ0n) is 12.8. The lowest BCUT2D eigenvalue weighted by molar-refractivity contribution is -0.131. The van der Waals surface area contributed by atoms with Gasteiger partial charge in [-0.2, -0.15) is 0 Å². The first-order valence-electron chi connectivity index (χ1n) is 7.31. The topological polar surface area (TPSA) is 75.4 Å². The summed E-state index contributed by atoms with van der Waals surface area (Å²) >= 11 is 0. The third-order valence-corrected chi connectivity index (χ3v) is 4.09. The molecule has 0 aromatic heterocycles. The minimum atomic E-state index is -0.200. The number of nitrogens with zero attached hydrogens (tertiary/aromatic N) is 1. The van der Waals surface area contributed by atoms with Crippen LogP contribution in [0.15, 0.2) is 18.2 Å². The van der Waals surface area contributed by atoms with Crippen LogP contribution in [0.3, 0.4) is 0 Å². The second-order valence-corrected chi connectivity index (χ2v) is 6.07. The van der Waals surface area contributed by atoms with Crippen molar-refractivity contribution >= 4 is 23.2 Å². The summed E-state index contributed by atoms with van der Waals surface area (Å²) < 4.78 is 0. The van der Waals surface area contributed by atoms with E-state index in [0.29, 0.717) is 36.2 Å². The Balaban J connectivity index is 1.98. The number of likely N-dealkylation sites (tertiary alicyclic amines) is 1. The number of nitrogen functional groups attached to an aromatic ring is 1. The van der Waals surface area contributed by atoms with Gasteiger partial charge in [0.1, 0.15) is 0 Å². The molecule has 1 atom stereocenters. The summed E-state index contributed by atoms with van der Waals surface area (Å²) in [7, 11) is 0. The van der Waals surface area contributed by atoms with Gasteiger partial charge in [0.25, 0.3) is 0 Å². The number of nitrogens with one attached hydrogen (secondary N) is 1. The molecule has 5 heteroatoms. The van der Waals surface area contributed by atoms with E-state index < -0.39 is 0 Å². The summed E-state index contributed by atoms with van der Waals surface area (Å²) in [6.45, 7) is 6.86. The van der Waals surface area contributed by atoms with Crippen molar-refractivity contribution in [3.8, 4) is 0 Å². The van der Waals surface area contributed by atoms with Gasteiger partial charge in [0.05, 0.1) is 17.9 Å². The maximum Gasteiger partial charge on any atom is 0.244 e. The van der Waals surface area contributed by atoms with Gasteiger partial charge in [-0.1, -0.05) is 26.0 Å². The molecule has 1 aromatic carbocycles. The predicted octanol–water partition coefficient (Wildman–Crippen LogP) is 2.02. The number of carbonyl (C=O) groups excluding carboxylic acids is 2. The van der Waals surface area contributed by atoms with Crippen molar-refractivity contribution in [2.24, 2.45) is 11.8 Å². The van der Waals surface area contributed by atoms with Crippen LogP contribution in [0.4, 0.5) is 11.4 Å². The molecule has 2 amide bonds. The molecule has 1 fully saturated rings. The van der Waals surface area contributed by atoms with Gasteiger partial charge in [0.15, 0.2) is 0 Å². The highest BCUT2D eigenvalue weighted by atomic mass is 16.2. The highest BCUT2D eigenvalue weighted by molar-refractivity contribution is 5.97. The summed E-state index contributed by atoms with van der Waals surface area (Å²) in [5, 5.41) is 2.81. The van der Waals surface area contributed by atoms with E-state index >= 15 is 0 Å². The molecule has 1 heterocycles. The molecule has 0 spiro atoms. The first-order valence-corrected chi connectivity index (χ1v) is 7.31. The van der Waals surface area contributed by atoms with Crippen LogP contribution in [0.1, 0.15) is 25.8 Å². The number of hydrogen-bond acceptors (Lipinski definition) is 3. The van der Waals surface area contributed by atoms with E-state index in [0.717, 1.165) is 5.56 Å². The predicted molar refractivity (Wildman–Crippen MR) is 83.7 cm³/mol. The van der Waals surface area contributed by atoms with Crippen LogP contribution in [0.5, 0.6) is 0 Å². The van der Waals surface area contributed by atoms with Gasteiger partial charge in [0.2, 0.25) is 11.8 Å². The fraction of sp³-hybridized carbons (Fsp3) is 0.500. The molecule has 0 radical (unpaired) electrons.